The minimum Gasteiger partial charge on any atom is -0.478 e. The molecule has 1 aromatic rings. The number of rotatable bonds is 6. The van der Waals surface area contributed by atoms with Crippen molar-refractivity contribution < 1.29 is 19.7 Å². The lowest BCUT2D eigenvalue weighted by Gasteiger charge is -2.32. The molecule has 0 saturated carbocycles. The van der Waals surface area contributed by atoms with E-state index in [-0.39, 0.29) is 17.8 Å². The third kappa shape index (κ3) is 3.30. The lowest BCUT2D eigenvalue weighted by Crippen LogP contribution is -2.38. The van der Waals surface area contributed by atoms with Gasteiger partial charge in [0.05, 0.1) is 15.4 Å². The van der Waals surface area contributed by atoms with Gasteiger partial charge in [0.1, 0.15) is 0 Å². The summed E-state index contributed by atoms with van der Waals surface area (Å²) in [5.41, 5.74) is -1.84. The van der Waals surface area contributed by atoms with E-state index in [0.717, 1.165) is 12.1 Å². The zero-order valence-corrected chi connectivity index (χ0v) is 12.6. The Morgan fingerprint density at radius 3 is 1.64 bits per heavy atom. The molecule has 1 aromatic carbocycles. The van der Waals surface area contributed by atoms with E-state index in [4.69, 9.17) is 5.11 Å². The van der Waals surface area contributed by atoms with Crippen molar-refractivity contribution in [2.75, 3.05) is 4.90 Å². The van der Waals surface area contributed by atoms with Crippen LogP contribution >= 0.6 is 0 Å². The quantitative estimate of drug-likeness (QED) is 0.632. The summed E-state index contributed by atoms with van der Waals surface area (Å²) in [4.78, 5) is 33.5. The van der Waals surface area contributed by atoms with Crippen molar-refractivity contribution in [2.24, 2.45) is 0 Å². The van der Waals surface area contributed by atoms with Crippen molar-refractivity contribution in [1.82, 2.24) is 0 Å². The van der Waals surface area contributed by atoms with Crippen LogP contribution in [0.4, 0.5) is 17.1 Å². The number of aromatic carboxylic acids is 1. The topological polar surface area (TPSA) is 127 Å². The van der Waals surface area contributed by atoms with Crippen LogP contribution in [0, 0.1) is 20.2 Å². The van der Waals surface area contributed by atoms with Crippen LogP contribution in [-0.2, 0) is 0 Å². The average molecular weight is 311 g/mol. The van der Waals surface area contributed by atoms with Gasteiger partial charge in [-0.25, -0.2) is 4.79 Å². The molecule has 0 spiro atoms. The van der Waals surface area contributed by atoms with E-state index in [1.807, 2.05) is 0 Å². The summed E-state index contributed by atoms with van der Waals surface area (Å²) < 4.78 is 0. The number of carbonyl (C=O) groups is 1. The van der Waals surface area contributed by atoms with Crippen LogP contribution in [0.15, 0.2) is 12.1 Å². The summed E-state index contributed by atoms with van der Waals surface area (Å²) in [7, 11) is 0. The third-order valence-electron chi connectivity index (χ3n) is 3.08. The van der Waals surface area contributed by atoms with Gasteiger partial charge in [0.15, 0.2) is 5.69 Å². The molecule has 0 radical (unpaired) electrons. The van der Waals surface area contributed by atoms with Gasteiger partial charge in [-0.05, 0) is 27.7 Å². The Hall–Kier alpha value is -2.71. The van der Waals surface area contributed by atoms with Crippen molar-refractivity contribution in [1.29, 1.82) is 0 Å². The van der Waals surface area contributed by atoms with Crippen LogP contribution in [0.1, 0.15) is 38.1 Å². The predicted octanol–water partition coefficient (Wildman–Crippen LogP) is 2.82. The number of hydrogen-bond donors (Lipinski definition) is 1. The number of nitro benzene ring substituents is 2. The number of anilines is 1. The van der Waals surface area contributed by atoms with E-state index in [2.05, 4.69) is 0 Å². The lowest BCUT2D eigenvalue weighted by molar-refractivity contribution is -0.392. The van der Waals surface area contributed by atoms with E-state index in [1.165, 1.54) is 4.90 Å². The van der Waals surface area contributed by atoms with E-state index >= 15 is 0 Å². The fourth-order valence-corrected chi connectivity index (χ4v) is 2.38. The molecular formula is C13H17N3O6. The monoisotopic (exact) mass is 311 g/mol. The summed E-state index contributed by atoms with van der Waals surface area (Å²) >= 11 is 0. The Balaban J connectivity index is 3.82. The zero-order valence-electron chi connectivity index (χ0n) is 12.6. The molecule has 120 valence electrons. The molecule has 9 nitrogen and oxygen atoms in total. The van der Waals surface area contributed by atoms with Gasteiger partial charge in [0, 0.05) is 24.2 Å². The Kier molecular flexibility index (Phi) is 5.02. The maximum atomic E-state index is 11.3. The predicted molar refractivity (Wildman–Crippen MR) is 79.5 cm³/mol. The number of nitro groups is 2. The second-order valence-corrected chi connectivity index (χ2v) is 5.28. The van der Waals surface area contributed by atoms with Crippen molar-refractivity contribution in [3.63, 3.8) is 0 Å². The highest BCUT2D eigenvalue weighted by Gasteiger charge is 2.34. The number of carboxylic acids is 1. The molecule has 0 aliphatic rings. The molecule has 9 heteroatoms. The van der Waals surface area contributed by atoms with Crippen LogP contribution < -0.4 is 4.90 Å². The molecule has 0 aromatic heterocycles. The lowest BCUT2D eigenvalue weighted by atomic mass is 10.1. The molecule has 0 aliphatic carbocycles. The normalized spacial score (nSPS) is 10.8. The molecule has 22 heavy (non-hydrogen) atoms. The summed E-state index contributed by atoms with van der Waals surface area (Å²) in [6.45, 7) is 6.99. The molecule has 1 rings (SSSR count). The highest BCUT2D eigenvalue weighted by molar-refractivity contribution is 5.92. The van der Waals surface area contributed by atoms with E-state index < -0.39 is 32.8 Å². The van der Waals surface area contributed by atoms with Gasteiger partial charge in [-0.15, -0.1) is 0 Å². The molecule has 0 heterocycles. The van der Waals surface area contributed by atoms with Crippen molar-refractivity contribution in [3.05, 3.63) is 37.9 Å². The number of nitrogens with zero attached hydrogens (tertiary/aromatic N) is 3. The first-order valence-corrected chi connectivity index (χ1v) is 6.56. The fraction of sp³-hybridized carbons (Fsp3) is 0.462. The van der Waals surface area contributed by atoms with Gasteiger partial charge in [0.25, 0.3) is 0 Å². The van der Waals surface area contributed by atoms with E-state index in [9.17, 15) is 25.0 Å². The second kappa shape index (κ2) is 6.37. The number of carboxylic acid groups (broad SMARTS) is 1. The Morgan fingerprint density at radius 1 is 1.05 bits per heavy atom. The van der Waals surface area contributed by atoms with Gasteiger partial charge < -0.3 is 10.0 Å². The molecule has 0 atom stereocenters. The molecule has 0 aliphatic heterocycles. The Labute approximate surface area is 126 Å². The number of benzene rings is 1. The maximum Gasteiger partial charge on any atom is 0.336 e. The van der Waals surface area contributed by atoms with Gasteiger partial charge >= 0.3 is 17.3 Å². The van der Waals surface area contributed by atoms with Gasteiger partial charge in [-0.1, -0.05) is 0 Å². The fourth-order valence-electron chi connectivity index (χ4n) is 2.38. The highest BCUT2D eigenvalue weighted by atomic mass is 16.6. The first-order chi connectivity index (χ1) is 10.1. The average Bonchev–Trinajstić information content (AvgIpc) is 2.36. The van der Waals surface area contributed by atoms with Crippen LogP contribution in [0.3, 0.4) is 0 Å². The largest absolute Gasteiger partial charge is 0.478 e. The first-order valence-electron chi connectivity index (χ1n) is 6.56. The smallest absolute Gasteiger partial charge is 0.336 e. The van der Waals surface area contributed by atoms with Crippen molar-refractivity contribution in [2.45, 2.75) is 39.8 Å². The zero-order chi connectivity index (χ0) is 17.2. The van der Waals surface area contributed by atoms with Crippen LogP contribution in [-0.4, -0.2) is 33.0 Å². The standard InChI is InChI=1S/C13H17N3O6/c1-7(2)14(8(3)4)12-10(15(19)20)5-9(13(17)18)6-11(12)16(21)22/h5-8H,1-4H3,(H,17,18). The molecular weight excluding hydrogens is 294 g/mol. The van der Waals surface area contributed by atoms with Crippen molar-refractivity contribution >= 4 is 23.0 Å². The van der Waals surface area contributed by atoms with E-state index in [1.54, 1.807) is 27.7 Å². The summed E-state index contributed by atoms with van der Waals surface area (Å²) in [5.74, 6) is -1.46. The summed E-state index contributed by atoms with van der Waals surface area (Å²) in [6.07, 6.45) is 0. The molecule has 0 fully saturated rings. The minimum atomic E-state index is -1.46. The number of hydrogen-bond acceptors (Lipinski definition) is 6. The van der Waals surface area contributed by atoms with Crippen molar-refractivity contribution in [3.8, 4) is 0 Å². The van der Waals surface area contributed by atoms with E-state index in [0.29, 0.717) is 0 Å². The van der Waals surface area contributed by atoms with Gasteiger partial charge in [0.2, 0.25) is 0 Å². The molecule has 0 unspecified atom stereocenters. The molecule has 0 bridgehead atoms. The second-order valence-electron chi connectivity index (χ2n) is 5.28. The minimum absolute atomic E-state index is 0.176. The summed E-state index contributed by atoms with van der Waals surface area (Å²) in [5, 5.41) is 31.6. The van der Waals surface area contributed by atoms with Gasteiger partial charge in [-0.3, -0.25) is 20.2 Å². The third-order valence-corrected chi connectivity index (χ3v) is 3.08. The summed E-state index contributed by atoms with van der Waals surface area (Å²) in [6, 6.07) is 1.21. The maximum absolute atomic E-state index is 11.3. The van der Waals surface area contributed by atoms with Crippen LogP contribution in [0.25, 0.3) is 0 Å². The van der Waals surface area contributed by atoms with Crippen LogP contribution in [0.5, 0.6) is 0 Å². The highest BCUT2D eigenvalue weighted by Crippen LogP contribution is 2.40. The Morgan fingerprint density at radius 2 is 1.41 bits per heavy atom. The first kappa shape index (κ1) is 17.3. The molecule has 0 saturated heterocycles. The van der Waals surface area contributed by atoms with Crippen LogP contribution in [0.2, 0.25) is 0 Å². The SMILES string of the molecule is CC(C)N(c1c([N+](=O)[O-])cc(C(=O)O)cc1[N+](=O)[O-])C(C)C. The Bertz CT molecular complexity index is 583. The molecule has 0 amide bonds. The van der Waals surface area contributed by atoms with Gasteiger partial charge in [-0.2, -0.15) is 0 Å². The molecule has 1 N–H and O–H groups in total.